The minimum Gasteiger partial charge on any atom is -0.491 e. The molecule has 6 nitrogen and oxygen atoms in total. The lowest BCUT2D eigenvalue weighted by atomic mass is 10.0. The second kappa shape index (κ2) is 7.23. The summed E-state index contributed by atoms with van der Waals surface area (Å²) in [5.41, 5.74) is 1.16. The normalized spacial score (nSPS) is 10.5. The van der Waals surface area contributed by atoms with E-state index in [9.17, 15) is 14.4 Å². The lowest BCUT2D eigenvalue weighted by molar-refractivity contribution is 0.0600. The summed E-state index contributed by atoms with van der Waals surface area (Å²) in [6.07, 6.45) is 0.200. The summed E-state index contributed by atoms with van der Waals surface area (Å²) in [7, 11) is 2.67. The maximum Gasteiger partial charge on any atom is 0.337 e. The zero-order valence-corrected chi connectivity index (χ0v) is 14.4. The van der Waals surface area contributed by atoms with Crippen LogP contribution in [0, 0.1) is 0 Å². The smallest absolute Gasteiger partial charge is 0.337 e. The number of aromatic amines is 1. The Balaban J connectivity index is 2.15. The van der Waals surface area contributed by atoms with Gasteiger partial charge in [0.1, 0.15) is 0 Å². The third kappa shape index (κ3) is 3.21. The van der Waals surface area contributed by atoms with Crippen LogP contribution in [0.3, 0.4) is 0 Å². The van der Waals surface area contributed by atoms with Gasteiger partial charge in [-0.3, -0.25) is 9.59 Å². The quantitative estimate of drug-likeness (QED) is 0.729. The molecule has 6 heteroatoms. The van der Waals surface area contributed by atoms with Crippen molar-refractivity contribution >= 4 is 16.9 Å². The molecule has 0 unspecified atom stereocenters. The molecule has 0 atom stereocenters. The van der Waals surface area contributed by atoms with Crippen LogP contribution in [0.25, 0.3) is 10.9 Å². The van der Waals surface area contributed by atoms with E-state index in [2.05, 4.69) is 9.72 Å². The standard InChI is InChI=1S/C20H17NO5/c1-25-18-15(11-12-7-9-13(10-8-12)20(24)26-2)17(22)14-5-3-4-6-16(14)21-19(18)23/h3-10H,11H2,1-2H3,(H,21,23). The van der Waals surface area contributed by atoms with Gasteiger partial charge in [0.25, 0.3) is 5.56 Å². The summed E-state index contributed by atoms with van der Waals surface area (Å²) >= 11 is 0. The molecule has 0 aliphatic rings. The summed E-state index contributed by atoms with van der Waals surface area (Å²) in [6.45, 7) is 0. The van der Waals surface area contributed by atoms with E-state index in [0.717, 1.165) is 5.56 Å². The Bertz CT molecular complexity index is 1080. The first kappa shape index (κ1) is 17.4. The van der Waals surface area contributed by atoms with E-state index in [0.29, 0.717) is 16.5 Å². The number of hydrogen-bond donors (Lipinski definition) is 1. The van der Waals surface area contributed by atoms with Crippen molar-refractivity contribution in [3.63, 3.8) is 0 Å². The summed E-state index contributed by atoms with van der Waals surface area (Å²) < 4.78 is 9.89. The Labute approximate surface area is 149 Å². The highest BCUT2D eigenvalue weighted by Gasteiger charge is 2.15. The molecule has 0 amide bonds. The maximum absolute atomic E-state index is 13.0. The van der Waals surface area contributed by atoms with E-state index in [4.69, 9.17) is 4.74 Å². The number of esters is 1. The fourth-order valence-electron chi connectivity index (χ4n) is 2.83. The molecule has 26 heavy (non-hydrogen) atoms. The van der Waals surface area contributed by atoms with Crippen LogP contribution in [-0.4, -0.2) is 25.2 Å². The van der Waals surface area contributed by atoms with Gasteiger partial charge < -0.3 is 14.5 Å². The molecule has 3 aromatic rings. The Morgan fingerprint density at radius 1 is 1.00 bits per heavy atom. The Hall–Kier alpha value is -3.41. The minimum atomic E-state index is -0.466. The summed E-state index contributed by atoms with van der Waals surface area (Å²) in [4.78, 5) is 39.6. The van der Waals surface area contributed by atoms with Crippen molar-refractivity contribution in [3.05, 3.63) is 85.8 Å². The van der Waals surface area contributed by atoms with Crippen LogP contribution in [0.2, 0.25) is 0 Å². The number of fused-ring (bicyclic) bond motifs is 1. The predicted octanol–water partition coefficient (Wildman–Crippen LogP) is 2.27. The van der Waals surface area contributed by atoms with Crippen LogP contribution >= 0.6 is 0 Å². The molecule has 1 heterocycles. The average molecular weight is 351 g/mol. The first-order chi connectivity index (χ1) is 12.5. The fraction of sp³-hybridized carbons (Fsp3) is 0.150. The number of carbonyl (C=O) groups excluding carboxylic acids is 1. The molecule has 0 spiro atoms. The third-order valence-electron chi connectivity index (χ3n) is 4.13. The Morgan fingerprint density at radius 2 is 1.69 bits per heavy atom. The molecule has 1 N–H and O–H groups in total. The zero-order valence-electron chi connectivity index (χ0n) is 14.4. The predicted molar refractivity (Wildman–Crippen MR) is 98.0 cm³/mol. The van der Waals surface area contributed by atoms with Crippen LogP contribution in [0.1, 0.15) is 21.5 Å². The molecular formula is C20H17NO5. The number of carbonyl (C=O) groups is 1. The molecular weight excluding hydrogens is 334 g/mol. The van der Waals surface area contributed by atoms with Crippen molar-refractivity contribution in [1.29, 1.82) is 0 Å². The highest BCUT2D eigenvalue weighted by Crippen LogP contribution is 2.17. The second-order valence-electron chi connectivity index (χ2n) is 5.71. The first-order valence-electron chi connectivity index (χ1n) is 7.94. The van der Waals surface area contributed by atoms with Crippen LogP contribution < -0.4 is 15.7 Å². The number of para-hydroxylation sites is 1. The van der Waals surface area contributed by atoms with Gasteiger partial charge in [0, 0.05) is 11.8 Å². The molecule has 0 aliphatic heterocycles. The van der Waals surface area contributed by atoms with Crippen LogP contribution in [0.15, 0.2) is 58.1 Å². The molecule has 132 valence electrons. The first-order valence-corrected chi connectivity index (χ1v) is 7.94. The van der Waals surface area contributed by atoms with Gasteiger partial charge in [0.05, 0.1) is 30.9 Å². The van der Waals surface area contributed by atoms with Gasteiger partial charge in [-0.05, 0) is 29.8 Å². The van der Waals surface area contributed by atoms with Crippen LogP contribution in [-0.2, 0) is 11.2 Å². The number of H-pyrrole nitrogens is 1. The number of aromatic nitrogens is 1. The number of nitrogens with one attached hydrogen (secondary N) is 1. The molecule has 0 aliphatic carbocycles. The van der Waals surface area contributed by atoms with E-state index in [1.807, 2.05) is 0 Å². The Morgan fingerprint density at radius 3 is 2.35 bits per heavy atom. The average Bonchev–Trinajstić information content (AvgIpc) is 2.76. The number of rotatable bonds is 4. The van der Waals surface area contributed by atoms with Gasteiger partial charge >= 0.3 is 5.97 Å². The van der Waals surface area contributed by atoms with E-state index in [1.54, 1.807) is 48.5 Å². The topological polar surface area (TPSA) is 85.5 Å². The maximum atomic E-state index is 13.0. The van der Waals surface area contributed by atoms with Gasteiger partial charge in [-0.2, -0.15) is 0 Å². The van der Waals surface area contributed by atoms with Gasteiger partial charge in [0.15, 0.2) is 11.2 Å². The number of hydrogen-bond acceptors (Lipinski definition) is 5. The molecule has 0 saturated heterocycles. The summed E-state index contributed by atoms with van der Waals surface area (Å²) in [6, 6.07) is 13.5. The molecule has 0 bridgehead atoms. The van der Waals surface area contributed by atoms with Crippen molar-refractivity contribution in [3.8, 4) is 5.75 Å². The van der Waals surface area contributed by atoms with Crippen molar-refractivity contribution in [2.45, 2.75) is 6.42 Å². The molecule has 3 rings (SSSR count). The van der Waals surface area contributed by atoms with Gasteiger partial charge in [0.2, 0.25) is 0 Å². The van der Waals surface area contributed by atoms with Crippen molar-refractivity contribution in [2.75, 3.05) is 14.2 Å². The van der Waals surface area contributed by atoms with Gasteiger partial charge in [-0.25, -0.2) is 4.79 Å². The van der Waals surface area contributed by atoms with E-state index >= 15 is 0 Å². The van der Waals surface area contributed by atoms with Crippen LogP contribution in [0.5, 0.6) is 5.75 Å². The molecule has 0 fully saturated rings. The number of ether oxygens (including phenoxy) is 2. The van der Waals surface area contributed by atoms with Crippen molar-refractivity contribution in [1.82, 2.24) is 4.98 Å². The highest BCUT2D eigenvalue weighted by molar-refractivity contribution is 5.89. The Kier molecular flexibility index (Phi) is 4.84. The largest absolute Gasteiger partial charge is 0.491 e. The summed E-state index contributed by atoms with van der Waals surface area (Å²) in [5, 5.41) is 0.411. The summed E-state index contributed by atoms with van der Waals surface area (Å²) in [5.74, 6) is -0.449. The highest BCUT2D eigenvalue weighted by atomic mass is 16.5. The second-order valence-corrected chi connectivity index (χ2v) is 5.71. The zero-order chi connectivity index (χ0) is 18.7. The fourth-order valence-corrected chi connectivity index (χ4v) is 2.83. The van der Waals surface area contributed by atoms with Gasteiger partial charge in [-0.15, -0.1) is 0 Å². The van der Waals surface area contributed by atoms with Gasteiger partial charge in [-0.1, -0.05) is 24.3 Å². The lowest BCUT2D eigenvalue weighted by Gasteiger charge is -2.05. The minimum absolute atomic E-state index is 0.0109. The van der Waals surface area contributed by atoms with Crippen molar-refractivity contribution in [2.24, 2.45) is 0 Å². The third-order valence-corrected chi connectivity index (χ3v) is 4.13. The molecule has 0 saturated carbocycles. The van der Waals surface area contributed by atoms with E-state index in [-0.39, 0.29) is 23.2 Å². The van der Waals surface area contributed by atoms with Crippen LogP contribution in [0.4, 0.5) is 0 Å². The number of methoxy groups -OCH3 is 2. The lowest BCUT2D eigenvalue weighted by Crippen LogP contribution is -2.13. The van der Waals surface area contributed by atoms with E-state index < -0.39 is 11.5 Å². The molecule has 2 aromatic carbocycles. The van der Waals surface area contributed by atoms with Crippen molar-refractivity contribution < 1.29 is 14.3 Å². The number of benzene rings is 2. The molecule has 1 aromatic heterocycles. The monoisotopic (exact) mass is 351 g/mol. The molecule has 0 radical (unpaired) electrons. The van der Waals surface area contributed by atoms with E-state index in [1.165, 1.54) is 14.2 Å². The SMILES string of the molecule is COC(=O)c1ccc(Cc2c(OC)c(=O)[nH]c3ccccc3c2=O)cc1.